The molecular weight excluding hydrogens is 248 g/mol. The maximum atomic E-state index is 9.01. The van der Waals surface area contributed by atoms with Gasteiger partial charge in [-0.15, -0.1) is 0 Å². The van der Waals surface area contributed by atoms with Gasteiger partial charge in [0.2, 0.25) is 0 Å². The molecule has 0 heterocycles. The quantitative estimate of drug-likeness (QED) is 0.822. The summed E-state index contributed by atoms with van der Waals surface area (Å²) in [4.78, 5) is 0. The van der Waals surface area contributed by atoms with Gasteiger partial charge >= 0.3 is 0 Å². The summed E-state index contributed by atoms with van der Waals surface area (Å²) in [6, 6.07) is 8.98. The van der Waals surface area contributed by atoms with Gasteiger partial charge in [-0.05, 0) is 33.3 Å². The lowest BCUT2D eigenvalue weighted by molar-refractivity contribution is 0.261. The van der Waals surface area contributed by atoms with E-state index in [9.17, 15) is 0 Å². The molecular formula is C17H26N2O. The molecule has 0 aliphatic heterocycles. The molecule has 3 nitrogen and oxygen atoms in total. The number of hydrogen-bond donors (Lipinski definition) is 1. The molecule has 0 aliphatic carbocycles. The molecule has 0 aliphatic rings. The number of hydrogen-bond acceptors (Lipinski definition) is 3. The summed E-state index contributed by atoms with van der Waals surface area (Å²) in [5.74, 6) is 0.914. The Morgan fingerprint density at radius 3 is 2.65 bits per heavy atom. The van der Waals surface area contributed by atoms with Crippen molar-refractivity contribution in [2.24, 2.45) is 5.41 Å². The fraction of sp³-hybridized carbons (Fsp3) is 0.588. The molecule has 0 atom stereocenters. The lowest BCUT2D eigenvalue weighted by atomic mass is 9.92. The van der Waals surface area contributed by atoms with Crippen LogP contribution in [0.4, 0.5) is 0 Å². The summed E-state index contributed by atoms with van der Waals surface area (Å²) >= 11 is 0. The van der Waals surface area contributed by atoms with Gasteiger partial charge in [-0.3, -0.25) is 0 Å². The molecule has 20 heavy (non-hydrogen) atoms. The van der Waals surface area contributed by atoms with Crippen molar-refractivity contribution >= 4 is 0 Å². The molecule has 1 aromatic rings. The molecule has 110 valence electrons. The van der Waals surface area contributed by atoms with Crippen molar-refractivity contribution in [2.45, 2.75) is 53.6 Å². The average Bonchev–Trinajstić information content (AvgIpc) is 2.38. The summed E-state index contributed by atoms with van der Waals surface area (Å²) in [6.07, 6.45) is 0.731. The van der Waals surface area contributed by atoms with Crippen LogP contribution < -0.4 is 10.1 Å². The van der Waals surface area contributed by atoms with Crippen molar-refractivity contribution in [2.75, 3.05) is 6.61 Å². The Balaban J connectivity index is 2.67. The van der Waals surface area contributed by atoms with Crippen LogP contribution in [0.2, 0.25) is 0 Å². The number of nitrogens with one attached hydrogen (secondary N) is 1. The van der Waals surface area contributed by atoms with Crippen molar-refractivity contribution in [3.05, 3.63) is 29.3 Å². The highest BCUT2D eigenvalue weighted by Crippen LogP contribution is 2.23. The minimum Gasteiger partial charge on any atom is -0.493 e. The van der Waals surface area contributed by atoms with Crippen LogP contribution in [0.5, 0.6) is 5.75 Å². The van der Waals surface area contributed by atoms with Crippen molar-refractivity contribution in [3.63, 3.8) is 0 Å². The molecule has 0 radical (unpaired) electrons. The van der Waals surface area contributed by atoms with Crippen LogP contribution in [-0.4, -0.2) is 12.6 Å². The van der Waals surface area contributed by atoms with Gasteiger partial charge in [0.25, 0.3) is 0 Å². The van der Waals surface area contributed by atoms with Crippen LogP contribution in [-0.2, 0) is 6.54 Å². The third-order valence-corrected chi connectivity index (χ3v) is 3.20. The Morgan fingerprint density at radius 2 is 2.05 bits per heavy atom. The molecule has 0 fully saturated rings. The first-order valence-corrected chi connectivity index (χ1v) is 7.21. The summed E-state index contributed by atoms with van der Waals surface area (Å²) in [6.45, 7) is 11.6. The minimum atomic E-state index is -0.332. The minimum absolute atomic E-state index is 0.332. The number of aryl methyl sites for hydroxylation is 1. The zero-order chi connectivity index (χ0) is 15.2. The number of nitrogens with zero attached hydrogens (tertiary/aromatic N) is 1. The fourth-order valence-corrected chi connectivity index (χ4v) is 1.77. The fourth-order valence-electron chi connectivity index (χ4n) is 1.77. The average molecular weight is 274 g/mol. The summed E-state index contributed by atoms with van der Waals surface area (Å²) in [7, 11) is 0. The highest BCUT2D eigenvalue weighted by Gasteiger charge is 2.16. The number of ether oxygens (including phenoxy) is 1. The van der Waals surface area contributed by atoms with Crippen molar-refractivity contribution in [1.82, 2.24) is 5.32 Å². The second-order valence-electron chi connectivity index (χ2n) is 6.24. The Kier molecular flexibility index (Phi) is 6.04. The van der Waals surface area contributed by atoms with E-state index in [1.165, 1.54) is 11.1 Å². The van der Waals surface area contributed by atoms with Crippen LogP contribution in [0.25, 0.3) is 0 Å². The molecule has 0 saturated carbocycles. The summed E-state index contributed by atoms with van der Waals surface area (Å²) < 4.78 is 5.87. The molecule has 0 unspecified atom stereocenters. The maximum Gasteiger partial charge on any atom is 0.123 e. The van der Waals surface area contributed by atoms with Gasteiger partial charge in [-0.25, -0.2) is 0 Å². The molecule has 0 amide bonds. The third kappa shape index (κ3) is 5.63. The zero-order valence-corrected chi connectivity index (χ0v) is 13.3. The van der Waals surface area contributed by atoms with E-state index in [2.05, 4.69) is 44.3 Å². The van der Waals surface area contributed by atoms with Gasteiger partial charge < -0.3 is 10.1 Å². The highest BCUT2D eigenvalue weighted by molar-refractivity contribution is 5.36. The maximum absolute atomic E-state index is 9.01. The summed E-state index contributed by atoms with van der Waals surface area (Å²) in [5.41, 5.74) is 2.07. The predicted octanol–water partition coefficient (Wildman–Crippen LogP) is 3.81. The molecule has 0 saturated heterocycles. The smallest absolute Gasteiger partial charge is 0.123 e. The highest BCUT2D eigenvalue weighted by atomic mass is 16.5. The van der Waals surface area contributed by atoms with Gasteiger partial charge in [-0.1, -0.05) is 31.5 Å². The Labute approximate surface area is 123 Å². The molecule has 0 bridgehead atoms. The second kappa shape index (κ2) is 7.31. The SMILES string of the molecule is Cc1ccc(OCCC(C)(C)C#N)c(CNC(C)C)c1. The van der Waals surface area contributed by atoms with Crippen LogP contribution in [0.15, 0.2) is 18.2 Å². The Morgan fingerprint density at radius 1 is 1.35 bits per heavy atom. The molecule has 1 N–H and O–H groups in total. The summed E-state index contributed by atoms with van der Waals surface area (Å²) in [5, 5.41) is 12.4. The van der Waals surface area contributed by atoms with E-state index >= 15 is 0 Å². The molecule has 0 spiro atoms. The number of nitriles is 1. The van der Waals surface area contributed by atoms with E-state index in [0.717, 1.165) is 18.7 Å². The van der Waals surface area contributed by atoms with E-state index in [1.807, 2.05) is 19.9 Å². The van der Waals surface area contributed by atoms with E-state index in [1.54, 1.807) is 0 Å². The topological polar surface area (TPSA) is 45.0 Å². The van der Waals surface area contributed by atoms with Crippen molar-refractivity contribution < 1.29 is 4.74 Å². The normalized spacial score (nSPS) is 11.4. The van der Waals surface area contributed by atoms with Crippen molar-refractivity contribution in [1.29, 1.82) is 5.26 Å². The third-order valence-electron chi connectivity index (χ3n) is 3.20. The van der Waals surface area contributed by atoms with E-state index in [0.29, 0.717) is 12.6 Å². The lowest BCUT2D eigenvalue weighted by Gasteiger charge is -2.18. The van der Waals surface area contributed by atoms with Crippen LogP contribution >= 0.6 is 0 Å². The zero-order valence-electron chi connectivity index (χ0n) is 13.3. The molecule has 1 rings (SSSR count). The first-order chi connectivity index (χ1) is 9.34. The van der Waals surface area contributed by atoms with Gasteiger partial charge in [0.05, 0.1) is 18.1 Å². The van der Waals surface area contributed by atoms with Gasteiger partial charge in [-0.2, -0.15) is 5.26 Å². The van der Waals surface area contributed by atoms with E-state index in [-0.39, 0.29) is 5.41 Å². The van der Waals surface area contributed by atoms with E-state index < -0.39 is 0 Å². The first kappa shape index (κ1) is 16.5. The Bertz CT molecular complexity index is 472. The van der Waals surface area contributed by atoms with Crippen LogP contribution in [0, 0.1) is 23.7 Å². The first-order valence-electron chi connectivity index (χ1n) is 7.21. The van der Waals surface area contributed by atoms with Crippen LogP contribution in [0.1, 0.15) is 45.2 Å². The largest absolute Gasteiger partial charge is 0.493 e. The number of benzene rings is 1. The van der Waals surface area contributed by atoms with E-state index in [4.69, 9.17) is 10.00 Å². The number of rotatable bonds is 7. The standard InChI is InChI=1S/C17H26N2O/c1-13(2)19-11-15-10-14(3)6-7-16(15)20-9-8-17(4,5)12-18/h6-7,10,13,19H,8-9,11H2,1-5H3. The molecule has 3 heteroatoms. The van der Waals surface area contributed by atoms with Gasteiger partial charge in [0, 0.05) is 18.2 Å². The molecule has 0 aromatic heterocycles. The monoisotopic (exact) mass is 274 g/mol. The predicted molar refractivity (Wildman–Crippen MR) is 82.7 cm³/mol. The molecule has 1 aromatic carbocycles. The van der Waals surface area contributed by atoms with Crippen molar-refractivity contribution in [3.8, 4) is 11.8 Å². The van der Waals surface area contributed by atoms with Gasteiger partial charge in [0.15, 0.2) is 0 Å². The Hall–Kier alpha value is -1.53. The van der Waals surface area contributed by atoms with Gasteiger partial charge in [0.1, 0.15) is 5.75 Å². The second-order valence-corrected chi connectivity index (χ2v) is 6.24. The van der Waals surface area contributed by atoms with Crippen LogP contribution in [0.3, 0.4) is 0 Å². The lowest BCUT2D eigenvalue weighted by Crippen LogP contribution is -2.22.